The van der Waals surface area contributed by atoms with E-state index in [1.165, 1.54) is 38.1 Å². The lowest BCUT2D eigenvalue weighted by Gasteiger charge is -2.25. The summed E-state index contributed by atoms with van der Waals surface area (Å²) in [7, 11) is 0. The van der Waals surface area contributed by atoms with Gasteiger partial charge in [-0.15, -0.1) is 11.8 Å². The van der Waals surface area contributed by atoms with Gasteiger partial charge in [-0.05, 0) is 18.8 Å². The van der Waals surface area contributed by atoms with Gasteiger partial charge in [0.1, 0.15) is 11.4 Å². The fourth-order valence-corrected chi connectivity index (χ4v) is 3.36. The Morgan fingerprint density at radius 3 is 3.00 bits per heavy atom. The highest BCUT2D eigenvalue weighted by Gasteiger charge is 2.20. The zero-order valence-corrected chi connectivity index (χ0v) is 9.63. The van der Waals surface area contributed by atoms with Gasteiger partial charge in [0.25, 0.3) is 0 Å². The summed E-state index contributed by atoms with van der Waals surface area (Å²) < 4.78 is 12.8. The molecule has 0 saturated heterocycles. The molecule has 0 bridgehead atoms. The molecule has 1 saturated carbocycles. The van der Waals surface area contributed by atoms with Crippen LogP contribution in [0, 0.1) is 11.9 Å². The van der Waals surface area contributed by atoms with Crippen molar-refractivity contribution >= 4 is 11.8 Å². The molecule has 2 nitrogen and oxygen atoms in total. The molecule has 1 fully saturated rings. The highest BCUT2D eigenvalue weighted by molar-refractivity contribution is 7.99. The average Bonchev–Trinajstić information content (AvgIpc) is 2.17. The normalized spacial score (nSPS) is 26.5. The SMILES string of the molecule is CC1CCCC(Sc2cc(F)ncn2)C1. The molecule has 1 aliphatic rings. The van der Waals surface area contributed by atoms with Crippen LogP contribution >= 0.6 is 11.8 Å². The third-order valence-corrected chi connectivity index (χ3v) is 4.01. The van der Waals surface area contributed by atoms with E-state index in [1.54, 1.807) is 11.8 Å². The van der Waals surface area contributed by atoms with E-state index in [0.717, 1.165) is 10.9 Å². The molecule has 1 aliphatic carbocycles. The molecule has 0 N–H and O–H groups in total. The molecule has 2 rings (SSSR count). The van der Waals surface area contributed by atoms with Crippen molar-refractivity contribution in [1.82, 2.24) is 9.97 Å². The zero-order valence-electron chi connectivity index (χ0n) is 8.82. The molecule has 0 aromatic carbocycles. The highest BCUT2D eigenvalue weighted by Crippen LogP contribution is 2.35. The number of hydrogen-bond donors (Lipinski definition) is 0. The Morgan fingerprint density at radius 2 is 2.27 bits per heavy atom. The van der Waals surface area contributed by atoms with Crippen molar-refractivity contribution in [2.45, 2.75) is 42.9 Å². The van der Waals surface area contributed by atoms with Crippen LogP contribution in [0.2, 0.25) is 0 Å². The molecule has 15 heavy (non-hydrogen) atoms. The van der Waals surface area contributed by atoms with Crippen LogP contribution in [-0.2, 0) is 0 Å². The largest absolute Gasteiger partial charge is 0.230 e. The maximum Gasteiger partial charge on any atom is 0.217 e. The minimum absolute atomic E-state index is 0.434. The van der Waals surface area contributed by atoms with Gasteiger partial charge in [0.15, 0.2) is 0 Å². The molecule has 0 radical (unpaired) electrons. The lowest BCUT2D eigenvalue weighted by Crippen LogP contribution is -2.15. The Balaban J connectivity index is 1.96. The van der Waals surface area contributed by atoms with Crippen LogP contribution in [0.4, 0.5) is 4.39 Å². The van der Waals surface area contributed by atoms with E-state index < -0.39 is 5.95 Å². The molecule has 1 heterocycles. The summed E-state index contributed by atoms with van der Waals surface area (Å²) in [4.78, 5) is 7.53. The number of rotatable bonds is 2. The fraction of sp³-hybridized carbons (Fsp3) is 0.636. The Labute approximate surface area is 93.7 Å². The minimum Gasteiger partial charge on any atom is -0.230 e. The second-order valence-corrected chi connectivity index (χ2v) is 5.51. The van der Waals surface area contributed by atoms with E-state index in [-0.39, 0.29) is 0 Å². The van der Waals surface area contributed by atoms with Crippen molar-refractivity contribution in [2.75, 3.05) is 0 Å². The summed E-state index contributed by atoms with van der Waals surface area (Å²) >= 11 is 1.69. The first kappa shape index (κ1) is 10.9. The van der Waals surface area contributed by atoms with E-state index in [0.29, 0.717) is 5.25 Å². The average molecular weight is 226 g/mol. The number of nitrogens with zero attached hydrogens (tertiary/aromatic N) is 2. The van der Waals surface area contributed by atoms with Gasteiger partial charge in [-0.2, -0.15) is 4.39 Å². The van der Waals surface area contributed by atoms with E-state index >= 15 is 0 Å². The van der Waals surface area contributed by atoms with Gasteiger partial charge < -0.3 is 0 Å². The highest BCUT2D eigenvalue weighted by atomic mass is 32.2. The number of thioether (sulfide) groups is 1. The van der Waals surface area contributed by atoms with E-state index in [9.17, 15) is 4.39 Å². The molecule has 0 amide bonds. The van der Waals surface area contributed by atoms with Gasteiger partial charge in [-0.1, -0.05) is 19.8 Å². The molecule has 1 aromatic heterocycles. The van der Waals surface area contributed by atoms with Crippen LogP contribution in [0.5, 0.6) is 0 Å². The van der Waals surface area contributed by atoms with Gasteiger partial charge in [0, 0.05) is 11.3 Å². The first-order valence-corrected chi connectivity index (χ1v) is 6.26. The second-order valence-electron chi connectivity index (χ2n) is 4.19. The molecule has 4 heteroatoms. The quantitative estimate of drug-likeness (QED) is 0.724. The molecular weight excluding hydrogens is 211 g/mol. The Morgan fingerprint density at radius 1 is 1.40 bits per heavy atom. The smallest absolute Gasteiger partial charge is 0.217 e. The summed E-state index contributed by atoms with van der Waals surface area (Å²) in [5.41, 5.74) is 0. The number of aromatic nitrogens is 2. The van der Waals surface area contributed by atoms with E-state index in [4.69, 9.17) is 0 Å². The summed E-state index contributed by atoms with van der Waals surface area (Å²) in [6, 6.07) is 1.42. The van der Waals surface area contributed by atoms with Crippen molar-refractivity contribution < 1.29 is 4.39 Å². The molecule has 0 aliphatic heterocycles. The van der Waals surface area contributed by atoms with Crippen LogP contribution < -0.4 is 0 Å². The van der Waals surface area contributed by atoms with Crippen LogP contribution in [0.15, 0.2) is 17.4 Å². The van der Waals surface area contributed by atoms with Gasteiger partial charge in [-0.25, -0.2) is 9.97 Å². The predicted molar refractivity (Wildman–Crippen MR) is 59.3 cm³/mol. The van der Waals surface area contributed by atoms with Crippen molar-refractivity contribution in [3.05, 3.63) is 18.3 Å². The number of hydrogen-bond acceptors (Lipinski definition) is 3. The monoisotopic (exact) mass is 226 g/mol. The lowest BCUT2D eigenvalue weighted by atomic mass is 9.91. The molecular formula is C11H15FN2S. The summed E-state index contributed by atoms with van der Waals surface area (Å²) in [6.07, 6.45) is 6.35. The first-order chi connectivity index (χ1) is 7.24. The Hall–Kier alpha value is -0.640. The minimum atomic E-state index is -0.434. The maximum atomic E-state index is 12.8. The zero-order chi connectivity index (χ0) is 10.7. The Kier molecular flexibility index (Phi) is 3.57. The number of halogens is 1. The van der Waals surface area contributed by atoms with Gasteiger partial charge in [-0.3, -0.25) is 0 Å². The Bertz CT molecular complexity index is 332. The van der Waals surface area contributed by atoms with Crippen molar-refractivity contribution in [3.63, 3.8) is 0 Å². The van der Waals surface area contributed by atoms with Crippen LogP contribution in [0.3, 0.4) is 0 Å². The van der Waals surface area contributed by atoms with E-state index in [1.807, 2.05) is 0 Å². The van der Waals surface area contributed by atoms with Crippen LogP contribution in [0.25, 0.3) is 0 Å². The molecule has 0 spiro atoms. The molecule has 1 aromatic rings. The van der Waals surface area contributed by atoms with Gasteiger partial charge >= 0.3 is 0 Å². The molecule has 2 atom stereocenters. The predicted octanol–water partition coefficient (Wildman–Crippen LogP) is 3.29. The topological polar surface area (TPSA) is 25.8 Å². The van der Waals surface area contributed by atoms with Gasteiger partial charge in [0.05, 0.1) is 0 Å². The van der Waals surface area contributed by atoms with E-state index in [2.05, 4.69) is 16.9 Å². The lowest BCUT2D eigenvalue weighted by molar-refractivity contribution is 0.394. The molecule has 82 valence electrons. The summed E-state index contributed by atoms with van der Waals surface area (Å²) in [5, 5.41) is 1.37. The third kappa shape index (κ3) is 3.16. The second kappa shape index (κ2) is 4.92. The molecule has 2 unspecified atom stereocenters. The fourth-order valence-electron chi connectivity index (χ4n) is 2.04. The third-order valence-electron chi connectivity index (χ3n) is 2.78. The van der Waals surface area contributed by atoms with Crippen molar-refractivity contribution in [3.8, 4) is 0 Å². The van der Waals surface area contributed by atoms with Crippen LogP contribution in [-0.4, -0.2) is 15.2 Å². The van der Waals surface area contributed by atoms with Crippen molar-refractivity contribution in [1.29, 1.82) is 0 Å². The maximum absolute atomic E-state index is 12.8. The standard InChI is InChI=1S/C11H15FN2S/c1-8-3-2-4-9(5-8)15-11-6-10(12)13-7-14-11/h6-9H,2-5H2,1H3. The van der Waals surface area contributed by atoms with Gasteiger partial charge in [0.2, 0.25) is 5.95 Å². The summed E-state index contributed by atoms with van der Waals surface area (Å²) in [5.74, 6) is 0.360. The first-order valence-electron chi connectivity index (χ1n) is 5.38. The van der Waals surface area contributed by atoms with Crippen molar-refractivity contribution in [2.24, 2.45) is 5.92 Å². The van der Waals surface area contributed by atoms with Crippen LogP contribution in [0.1, 0.15) is 32.6 Å². The summed E-state index contributed by atoms with van der Waals surface area (Å²) in [6.45, 7) is 2.29.